The summed E-state index contributed by atoms with van der Waals surface area (Å²) < 4.78 is 0. The van der Waals surface area contributed by atoms with Gasteiger partial charge in [-0.25, -0.2) is 0 Å². The van der Waals surface area contributed by atoms with E-state index in [-0.39, 0.29) is 22.9 Å². The van der Waals surface area contributed by atoms with Crippen LogP contribution in [0.4, 0.5) is 0 Å². The largest absolute Gasteiger partial charge is 0.392 e. The fourth-order valence-corrected chi connectivity index (χ4v) is 6.18. The van der Waals surface area contributed by atoms with Gasteiger partial charge in [0.15, 0.2) is 0 Å². The molecule has 1 N–H and O–H groups in total. The number of aliphatic hydroxyl groups is 1. The zero-order valence-electron chi connectivity index (χ0n) is 11.1. The first-order valence-electron chi connectivity index (χ1n) is 7.03. The molecule has 1 unspecified atom stereocenters. The molecule has 2 nitrogen and oxygen atoms in total. The van der Waals surface area contributed by atoms with E-state index in [1.54, 1.807) is 0 Å². The molecule has 0 saturated heterocycles. The van der Waals surface area contributed by atoms with Crippen molar-refractivity contribution in [1.29, 1.82) is 0 Å². The van der Waals surface area contributed by atoms with Crippen LogP contribution in [0.3, 0.4) is 0 Å². The van der Waals surface area contributed by atoms with Crippen LogP contribution in [-0.2, 0) is 4.79 Å². The van der Waals surface area contributed by atoms with E-state index in [9.17, 15) is 9.90 Å². The number of rotatable bonds is 0. The first kappa shape index (κ1) is 10.5. The van der Waals surface area contributed by atoms with Crippen molar-refractivity contribution < 1.29 is 9.90 Å². The average molecular weight is 234 g/mol. The van der Waals surface area contributed by atoms with Crippen molar-refractivity contribution in [3.8, 4) is 0 Å². The van der Waals surface area contributed by atoms with Crippen LogP contribution in [-0.4, -0.2) is 17.0 Å². The number of ketones is 1. The van der Waals surface area contributed by atoms with E-state index in [2.05, 4.69) is 27.7 Å². The Labute approximate surface area is 103 Å². The van der Waals surface area contributed by atoms with Crippen molar-refractivity contribution in [2.45, 2.75) is 40.2 Å². The number of hydrogen-bond acceptors (Lipinski definition) is 2. The van der Waals surface area contributed by atoms with Crippen LogP contribution in [0.2, 0.25) is 0 Å². The standard InChI is InChI=1S/C15H22O2/c1-6-12(16)9-8-7-5-14(2,3)13(17)10(7)15(6,4)11(8)9/h6-11,13,17H,5H2,1-4H3/t6?,7-,8+,9-,10+,11+,13-,15+/m1/s1. The first-order valence-corrected chi connectivity index (χ1v) is 7.03. The van der Waals surface area contributed by atoms with Crippen molar-refractivity contribution in [3.05, 3.63) is 0 Å². The Kier molecular flexibility index (Phi) is 1.55. The van der Waals surface area contributed by atoms with Crippen molar-refractivity contribution in [2.24, 2.45) is 46.3 Å². The van der Waals surface area contributed by atoms with Gasteiger partial charge in [-0.1, -0.05) is 27.7 Å². The summed E-state index contributed by atoms with van der Waals surface area (Å²) in [6.07, 6.45) is 0.908. The Morgan fingerprint density at radius 1 is 1.24 bits per heavy atom. The number of fused-ring (bicyclic) bond motifs is 4. The van der Waals surface area contributed by atoms with Gasteiger partial charge >= 0.3 is 0 Å². The fourth-order valence-electron chi connectivity index (χ4n) is 6.18. The molecule has 4 saturated carbocycles. The molecule has 4 aliphatic carbocycles. The smallest absolute Gasteiger partial charge is 0.139 e. The number of aliphatic hydroxyl groups excluding tert-OH is 1. The second-order valence-corrected chi connectivity index (χ2v) is 7.95. The molecule has 0 aromatic carbocycles. The number of carbonyl (C=O) groups excluding carboxylic acids is 1. The minimum atomic E-state index is -0.209. The lowest BCUT2D eigenvalue weighted by atomic mass is 9.67. The van der Waals surface area contributed by atoms with Gasteiger partial charge in [-0.15, -0.1) is 0 Å². The summed E-state index contributed by atoms with van der Waals surface area (Å²) in [4.78, 5) is 12.2. The second-order valence-electron chi connectivity index (χ2n) is 7.95. The molecule has 94 valence electrons. The van der Waals surface area contributed by atoms with E-state index >= 15 is 0 Å². The fraction of sp³-hybridized carbons (Fsp3) is 0.933. The monoisotopic (exact) mass is 234 g/mol. The Balaban J connectivity index is 1.83. The lowest BCUT2D eigenvalue weighted by Gasteiger charge is -2.38. The van der Waals surface area contributed by atoms with E-state index in [0.717, 1.165) is 6.42 Å². The first-order chi connectivity index (χ1) is 7.82. The van der Waals surface area contributed by atoms with Crippen molar-refractivity contribution >= 4 is 5.78 Å². The van der Waals surface area contributed by atoms with E-state index in [1.165, 1.54) is 0 Å². The number of Topliss-reactive ketones (excluding diaryl/α,β-unsaturated/α-hetero) is 1. The highest BCUT2D eigenvalue weighted by atomic mass is 16.3. The third kappa shape index (κ3) is 0.845. The molecule has 4 rings (SSSR count). The summed E-state index contributed by atoms with van der Waals surface area (Å²) in [6.45, 7) is 8.77. The van der Waals surface area contributed by atoms with E-state index in [1.807, 2.05) is 0 Å². The zero-order valence-corrected chi connectivity index (χ0v) is 11.1. The molecule has 0 heterocycles. The molecule has 0 aliphatic heterocycles. The van der Waals surface area contributed by atoms with Crippen LogP contribution in [0.25, 0.3) is 0 Å². The molecule has 0 radical (unpaired) electrons. The Morgan fingerprint density at radius 2 is 1.88 bits per heavy atom. The van der Waals surface area contributed by atoms with Gasteiger partial charge in [0.25, 0.3) is 0 Å². The zero-order chi connectivity index (χ0) is 12.3. The van der Waals surface area contributed by atoms with Crippen molar-refractivity contribution in [1.82, 2.24) is 0 Å². The Hall–Kier alpha value is -0.370. The quantitative estimate of drug-likeness (QED) is 0.697. The summed E-state index contributed by atoms with van der Waals surface area (Å²) in [5.41, 5.74) is 0.152. The molecule has 0 spiro atoms. The van der Waals surface area contributed by atoms with Gasteiger partial charge in [-0.05, 0) is 40.9 Å². The summed E-state index contributed by atoms with van der Waals surface area (Å²) >= 11 is 0. The van der Waals surface area contributed by atoms with Crippen LogP contribution in [0.5, 0.6) is 0 Å². The predicted octanol–water partition coefficient (Wildman–Crippen LogP) is 2.11. The van der Waals surface area contributed by atoms with E-state index < -0.39 is 0 Å². The van der Waals surface area contributed by atoms with Crippen LogP contribution in [0.1, 0.15) is 34.1 Å². The summed E-state index contributed by atoms with van der Waals surface area (Å²) in [5.74, 6) is 3.29. The Morgan fingerprint density at radius 3 is 2.53 bits per heavy atom. The van der Waals surface area contributed by atoms with Crippen LogP contribution < -0.4 is 0 Å². The highest BCUT2D eigenvalue weighted by Crippen LogP contribution is 2.82. The van der Waals surface area contributed by atoms with Gasteiger partial charge in [0.1, 0.15) is 5.78 Å². The molecule has 0 aromatic rings. The van der Waals surface area contributed by atoms with Gasteiger partial charge < -0.3 is 5.11 Å². The molecule has 0 aromatic heterocycles. The second kappa shape index (κ2) is 2.49. The SMILES string of the molecule is CC1C(=O)[C@@H]2[C@@H]3[C@H]4CC(C)(C)[C@H](O)[C@H]4[C@@]1(C)[C@H]23. The molecule has 2 heteroatoms. The van der Waals surface area contributed by atoms with Gasteiger partial charge in [-0.2, -0.15) is 0 Å². The molecule has 4 aliphatic rings. The minimum Gasteiger partial charge on any atom is -0.392 e. The Bertz CT molecular complexity index is 427. The van der Waals surface area contributed by atoms with Gasteiger partial charge in [0.05, 0.1) is 6.10 Å². The average Bonchev–Trinajstić information content (AvgIpc) is 2.83. The van der Waals surface area contributed by atoms with Crippen LogP contribution in [0, 0.1) is 46.3 Å². The maximum Gasteiger partial charge on any atom is 0.139 e. The molecule has 0 bridgehead atoms. The molecule has 8 atom stereocenters. The predicted molar refractivity (Wildman–Crippen MR) is 64.1 cm³/mol. The highest BCUT2D eigenvalue weighted by molar-refractivity contribution is 5.91. The molecule has 17 heavy (non-hydrogen) atoms. The van der Waals surface area contributed by atoms with Gasteiger partial charge in [0, 0.05) is 11.8 Å². The molecular formula is C15H22O2. The van der Waals surface area contributed by atoms with Crippen LogP contribution in [0.15, 0.2) is 0 Å². The van der Waals surface area contributed by atoms with Gasteiger partial charge in [-0.3, -0.25) is 4.79 Å². The van der Waals surface area contributed by atoms with Crippen molar-refractivity contribution in [3.63, 3.8) is 0 Å². The summed E-state index contributed by atoms with van der Waals surface area (Å²) in [6, 6.07) is 0. The summed E-state index contributed by atoms with van der Waals surface area (Å²) in [5, 5.41) is 10.6. The molecule has 4 fully saturated rings. The number of hydrogen-bond donors (Lipinski definition) is 1. The highest BCUT2D eigenvalue weighted by Gasteiger charge is 2.83. The van der Waals surface area contributed by atoms with E-state index in [4.69, 9.17) is 0 Å². The van der Waals surface area contributed by atoms with Crippen molar-refractivity contribution in [2.75, 3.05) is 0 Å². The summed E-state index contributed by atoms with van der Waals surface area (Å²) in [7, 11) is 0. The number of carbonyl (C=O) groups is 1. The third-order valence-electron chi connectivity index (χ3n) is 7.06. The maximum absolute atomic E-state index is 12.2. The maximum atomic E-state index is 12.2. The minimum absolute atomic E-state index is 0.0504. The van der Waals surface area contributed by atoms with Crippen LogP contribution >= 0.6 is 0 Å². The normalized spacial score (nSPS) is 65.9. The molecule has 0 amide bonds. The lowest BCUT2D eigenvalue weighted by Crippen LogP contribution is -2.41. The topological polar surface area (TPSA) is 37.3 Å². The van der Waals surface area contributed by atoms with E-state index in [0.29, 0.717) is 35.4 Å². The molecular weight excluding hydrogens is 212 g/mol. The lowest BCUT2D eigenvalue weighted by molar-refractivity contribution is -0.125. The third-order valence-corrected chi connectivity index (χ3v) is 7.06. The van der Waals surface area contributed by atoms with Gasteiger partial charge in [0.2, 0.25) is 0 Å².